The molecule has 0 bridgehead atoms. The minimum Gasteiger partial charge on any atom is -0.505 e. The standard InChI is InChI=1S/C13H17NO4/c1-8-5-9(7-15)6-10(11(8)16)14-12(17)18-13(2,3)4/h5-7,16H,1-4H3,(H,14,17). The molecule has 1 rings (SSSR count). The minimum absolute atomic E-state index is 0.0774. The van der Waals surface area contributed by atoms with Crippen molar-refractivity contribution in [3.05, 3.63) is 23.3 Å². The molecule has 0 aliphatic carbocycles. The first-order valence-corrected chi connectivity index (χ1v) is 5.52. The second-order valence-corrected chi connectivity index (χ2v) is 4.98. The summed E-state index contributed by atoms with van der Waals surface area (Å²) in [6.45, 7) is 6.85. The number of benzene rings is 1. The van der Waals surface area contributed by atoms with Crippen molar-refractivity contribution in [2.24, 2.45) is 0 Å². The van der Waals surface area contributed by atoms with Crippen LogP contribution in [0.2, 0.25) is 0 Å². The zero-order valence-electron chi connectivity index (χ0n) is 10.9. The largest absolute Gasteiger partial charge is 0.505 e. The number of ether oxygens (including phenoxy) is 1. The van der Waals surface area contributed by atoms with Gasteiger partial charge in [0, 0.05) is 5.56 Å². The van der Waals surface area contributed by atoms with Gasteiger partial charge in [0.1, 0.15) is 17.6 Å². The zero-order valence-corrected chi connectivity index (χ0v) is 10.9. The SMILES string of the molecule is Cc1cc(C=O)cc(NC(=O)OC(C)(C)C)c1O. The van der Waals surface area contributed by atoms with E-state index in [9.17, 15) is 14.7 Å². The Kier molecular flexibility index (Phi) is 3.96. The molecule has 0 spiro atoms. The lowest BCUT2D eigenvalue weighted by Gasteiger charge is -2.20. The van der Waals surface area contributed by atoms with Gasteiger partial charge in [-0.3, -0.25) is 10.1 Å². The molecule has 1 aromatic rings. The summed E-state index contributed by atoms with van der Waals surface area (Å²) >= 11 is 0. The van der Waals surface area contributed by atoms with Gasteiger partial charge < -0.3 is 9.84 Å². The van der Waals surface area contributed by atoms with Crippen LogP contribution in [0.5, 0.6) is 5.75 Å². The predicted molar refractivity (Wildman–Crippen MR) is 68.1 cm³/mol. The molecule has 0 heterocycles. The smallest absolute Gasteiger partial charge is 0.412 e. The van der Waals surface area contributed by atoms with Crippen LogP contribution in [0.15, 0.2) is 12.1 Å². The first-order valence-electron chi connectivity index (χ1n) is 5.52. The van der Waals surface area contributed by atoms with Gasteiger partial charge in [0.15, 0.2) is 0 Å². The molecule has 0 aliphatic heterocycles. The van der Waals surface area contributed by atoms with Gasteiger partial charge in [-0.2, -0.15) is 0 Å². The number of phenols is 1. The molecule has 5 nitrogen and oxygen atoms in total. The fourth-order valence-electron chi connectivity index (χ4n) is 1.38. The van der Waals surface area contributed by atoms with Crippen molar-refractivity contribution in [3.8, 4) is 5.75 Å². The summed E-state index contributed by atoms with van der Waals surface area (Å²) in [5, 5.41) is 12.2. The third kappa shape index (κ3) is 3.76. The van der Waals surface area contributed by atoms with Crippen molar-refractivity contribution in [1.29, 1.82) is 0 Å². The number of aryl methyl sites for hydroxylation is 1. The number of rotatable bonds is 2. The number of hydrogen-bond donors (Lipinski definition) is 2. The highest BCUT2D eigenvalue weighted by molar-refractivity contribution is 5.89. The van der Waals surface area contributed by atoms with Crippen molar-refractivity contribution >= 4 is 18.1 Å². The number of carbonyl (C=O) groups is 2. The lowest BCUT2D eigenvalue weighted by molar-refractivity contribution is 0.0635. The van der Waals surface area contributed by atoms with E-state index in [2.05, 4.69) is 5.32 Å². The van der Waals surface area contributed by atoms with E-state index in [1.807, 2.05) is 0 Å². The number of aldehydes is 1. The van der Waals surface area contributed by atoms with Crippen LogP contribution >= 0.6 is 0 Å². The van der Waals surface area contributed by atoms with Gasteiger partial charge in [0.2, 0.25) is 0 Å². The molecule has 0 unspecified atom stereocenters. The Balaban J connectivity index is 2.94. The van der Waals surface area contributed by atoms with Crippen LogP contribution in [0.4, 0.5) is 10.5 Å². The van der Waals surface area contributed by atoms with E-state index in [4.69, 9.17) is 4.74 Å². The fraction of sp³-hybridized carbons (Fsp3) is 0.385. The van der Waals surface area contributed by atoms with Gasteiger partial charge in [0.05, 0.1) is 5.69 Å². The fourth-order valence-corrected chi connectivity index (χ4v) is 1.38. The van der Waals surface area contributed by atoms with Crippen molar-refractivity contribution in [1.82, 2.24) is 0 Å². The molecule has 0 radical (unpaired) electrons. The van der Waals surface area contributed by atoms with E-state index < -0.39 is 11.7 Å². The molecular weight excluding hydrogens is 234 g/mol. The molecule has 0 aliphatic rings. The quantitative estimate of drug-likeness (QED) is 0.626. The molecule has 2 N–H and O–H groups in total. The Morgan fingerprint density at radius 1 is 1.39 bits per heavy atom. The van der Waals surface area contributed by atoms with Gasteiger partial charge in [-0.05, 0) is 45.4 Å². The molecule has 5 heteroatoms. The summed E-state index contributed by atoms with van der Waals surface area (Å²) in [6.07, 6.45) is -0.0348. The predicted octanol–water partition coefficient (Wildman–Crippen LogP) is 2.86. The van der Waals surface area contributed by atoms with Crippen LogP contribution < -0.4 is 5.32 Å². The van der Waals surface area contributed by atoms with Gasteiger partial charge >= 0.3 is 6.09 Å². The Morgan fingerprint density at radius 2 is 2.00 bits per heavy atom. The highest BCUT2D eigenvalue weighted by atomic mass is 16.6. The average Bonchev–Trinajstić information content (AvgIpc) is 2.21. The summed E-state index contributed by atoms with van der Waals surface area (Å²) in [5.41, 5.74) is 0.408. The first kappa shape index (κ1) is 14.0. The molecule has 1 amide bonds. The monoisotopic (exact) mass is 251 g/mol. The maximum Gasteiger partial charge on any atom is 0.412 e. The molecule has 0 aromatic heterocycles. The van der Waals surface area contributed by atoms with Crippen LogP contribution in [0.3, 0.4) is 0 Å². The lowest BCUT2D eigenvalue weighted by Crippen LogP contribution is -2.27. The Bertz CT molecular complexity index is 475. The van der Waals surface area contributed by atoms with E-state index in [0.717, 1.165) is 0 Å². The number of amides is 1. The third-order valence-electron chi connectivity index (χ3n) is 2.09. The molecular formula is C13H17NO4. The maximum atomic E-state index is 11.6. The topological polar surface area (TPSA) is 75.6 Å². The van der Waals surface area contributed by atoms with Crippen LogP contribution in [-0.2, 0) is 4.74 Å². The van der Waals surface area contributed by atoms with Gasteiger partial charge in [-0.25, -0.2) is 4.79 Å². The van der Waals surface area contributed by atoms with Gasteiger partial charge in [-0.1, -0.05) is 0 Å². The van der Waals surface area contributed by atoms with E-state index in [1.165, 1.54) is 12.1 Å². The van der Waals surface area contributed by atoms with E-state index >= 15 is 0 Å². The van der Waals surface area contributed by atoms with Crippen molar-refractivity contribution in [2.75, 3.05) is 5.32 Å². The van der Waals surface area contributed by atoms with E-state index in [-0.39, 0.29) is 11.4 Å². The number of carbonyl (C=O) groups excluding carboxylic acids is 2. The summed E-state index contributed by atoms with van der Waals surface area (Å²) in [5.74, 6) is -0.0774. The number of nitrogens with one attached hydrogen (secondary N) is 1. The second kappa shape index (κ2) is 5.08. The van der Waals surface area contributed by atoms with Crippen LogP contribution in [0, 0.1) is 6.92 Å². The Morgan fingerprint density at radius 3 is 2.50 bits per heavy atom. The minimum atomic E-state index is -0.680. The second-order valence-electron chi connectivity index (χ2n) is 4.98. The summed E-state index contributed by atoms with van der Waals surface area (Å²) in [6, 6.07) is 2.92. The van der Waals surface area contributed by atoms with Gasteiger partial charge in [0.25, 0.3) is 0 Å². The Hall–Kier alpha value is -2.04. The molecule has 98 valence electrons. The van der Waals surface area contributed by atoms with Crippen molar-refractivity contribution in [3.63, 3.8) is 0 Å². The van der Waals surface area contributed by atoms with Crippen molar-refractivity contribution in [2.45, 2.75) is 33.3 Å². The molecule has 0 saturated carbocycles. The third-order valence-corrected chi connectivity index (χ3v) is 2.09. The van der Waals surface area contributed by atoms with Crippen molar-refractivity contribution < 1.29 is 19.4 Å². The van der Waals surface area contributed by atoms with Gasteiger partial charge in [-0.15, -0.1) is 0 Å². The molecule has 18 heavy (non-hydrogen) atoms. The number of aromatic hydroxyl groups is 1. The number of anilines is 1. The first-order chi connectivity index (χ1) is 8.23. The number of phenolic OH excluding ortho intramolecular Hbond substituents is 1. The van der Waals surface area contributed by atoms with E-state index in [1.54, 1.807) is 27.7 Å². The highest BCUT2D eigenvalue weighted by Gasteiger charge is 2.18. The lowest BCUT2D eigenvalue weighted by atomic mass is 10.1. The molecule has 0 atom stereocenters. The Labute approximate surface area is 106 Å². The number of hydrogen-bond acceptors (Lipinski definition) is 4. The summed E-state index contributed by atoms with van der Waals surface area (Å²) < 4.78 is 5.06. The molecule has 0 fully saturated rings. The highest BCUT2D eigenvalue weighted by Crippen LogP contribution is 2.28. The molecule has 1 aromatic carbocycles. The zero-order chi connectivity index (χ0) is 13.9. The average molecular weight is 251 g/mol. The normalized spacial score (nSPS) is 10.9. The van der Waals surface area contributed by atoms with Crippen LogP contribution in [-0.4, -0.2) is 23.1 Å². The summed E-state index contributed by atoms with van der Waals surface area (Å²) in [7, 11) is 0. The molecule has 0 saturated heterocycles. The van der Waals surface area contributed by atoms with E-state index in [0.29, 0.717) is 17.4 Å². The van der Waals surface area contributed by atoms with Crippen LogP contribution in [0.25, 0.3) is 0 Å². The van der Waals surface area contributed by atoms with Crippen LogP contribution in [0.1, 0.15) is 36.7 Å². The maximum absolute atomic E-state index is 11.6. The summed E-state index contributed by atoms with van der Waals surface area (Å²) in [4.78, 5) is 22.3.